The number of nitrogens with one attached hydrogen (secondary N) is 1. The van der Waals surface area contributed by atoms with E-state index in [1.54, 1.807) is 24.3 Å². The average molecular weight is 337 g/mol. The van der Waals surface area contributed by atoms with Gasteiger partial charge in [0.05, 0.1) is 18.4 Å². The number of rotatable bonds is 4. The van der Waals surface area contributed by atoms with Crippen LogP contribution in [0.3, 0.4) is 0 Å². The number of hydrogen-bond donors (Lipinski definition) is 3. The van der Waals surface area contributed by atoms with E-state index in [-0.39, 0.29) is 21.3 Å². The van der Waals surface area contributed by atoms with Gasteiger partial charge in [0.2, 0.25) is 0 Å². The van der Waals surface area contributed by atoms with Crippen molar-refractivity contribution in [1.29, 1.82) is 0 Å². The Balaban J connectivity index is 2.99. The summed E-state index contributed by atoms with van der Waals surface area (Å²) in [4.78, 5) is 15.9. The fraction of sp³-hybridized carbons (Fsp3) is 0.143. The van der Waals surface area contributed by atoms with Crippen molar-refractivity contribution in [1.82, 2.24) is 0 Å². The van der Waals surface area contributed by atoms with Gasteiger partial charge in [0.15, 0.2) is 4.99 Å². The first-order chi connectivity index (χ1) is 10.4. The van der Waals surface area contributed by atoms with Gasteiger partial charge in [-0.05, 0) is 19.1 Å². The van der Waals surface area contributed by atoms with Crippen LogP contribution in [0.15, 0.2) is 40.6 Å². The maximum absolute atomic E-state index is 12.2. The summed E-state index contributed by atoms with van der Waals surface area (Å²) in [6.07, 6.45) is 1.11. The Kier molecular flexibility index (Phi) is 6.61. The number of anilines is 1. The fourth-order valence-corrected chi connectivity index (χ4v) is 1.55. The molecule has 6 nitrogen and oxygen atoms in total. The first-order valence-electron chi connectivity index (χ1n) is 6.08. The van der Waals surface area contributed by atoms with Crippen molar-refractivity contribution in [2.24, 2.45) is 10.7 Å². The number of nitrogens with zero attached hydrogens (tertiary/aromatic N) is 1. The maximum atomic E-state index is 12.2. The van der Waals surface area contributed by atoms with E-state index in [1.165, 1.54) is 14.0 Å². The molecule has 0 aromatic heterocycles. The first kappa shape index (κ1) is 17.7. The molecule has 0 bridgehead atoms. The number of para-hydroxylation sites is 2. The predicted octanol–water partition coefficient (Wildman–Crippen LogP) is 2.15. The molecule has 0 aliphatic rings. The lowest BCUT2D eigenvalue weighted by Crippen LogP contribution is -2.20. The lowest BCUT2D eigenvalue weighted by Gasteiger charge is -2.10. The summed E-state index contributed by atoms with van der Waals surface area (Å²) in [6.45, 7) is 1.35. The number of hydrogen-bond acceptors (Lipinski definition) is 5. The number of aliphatic imine (C=N–C) groups is 1. The second kappa shape index (κ2) is 8.20. The second-order valence-electron chi connectivity index (χ2n) is 4.08. The van der Waals surface area contributed by atoms with Gasteiger partial charge < -0.3 is 20.9 Å². The molecule has 1 rings (SSSR count). The normalized spacial score (nSPS) is 11.7. The van der Waals surface area contributed by atoms with Gasteiger partial charge in [0, 0.05) is 6.21 Å². The molecule has 0 aliphatic heterocycles. The highest BCUT2D eigenvalue weighted by Gasteiger charge is 2.14. The third-order valence-electron chi connectivity index (χ3n) is 2.51. The van der Waals surface area contributed by atoms with Crippen LogP contribution in [0, 0.1) is 0 Å². The summed E-state index contributed by atoms with van der Waals surface area (Å²) in [5.41, 5.74) is 5.71. The van der Waals surface area contributed by atoms with Crippen LogP contribution in [0.5, 0.6) is 5.75 Å². The Hall–Kier alpha value is -2.32. The van der Waals surface area contributed by atoms with E-state index in [4.69, 9.17) is 22.7 Å². The minimum atomic E-state index is -0.570. The molecule has 0 spiro atoms. The number of carbonyl (C=O) groups is 1. The Bertz CT molecular complexity index is 665. The molecule has 1 amide bonds. The van der Waals surface area contributed by atoms with E-state index < -0.39 is 5.91 Å². The molecule has 0 aliphatic carbocycles. The number of allylic oxidation sites excluding steroid dienone is 1. The molecule has 1 aromatic carbocycles. The minimum absolute atomic E-state index is 0.0289. The van der Waals surface area contributed by atoms with Crippen LogP contribution >= 0.6 is 24.4 Å². The third kappa shape index (κ3) is 4.90. The van der Waals surface area contributed by atoms with E-state index in [0.29, 0.717) is 11.4 Å². The number of amides is 1. The zero-order chi connectivity index (χ0) is 16.7. The van der Waals surface area contributed by atoms with Gasteiger partial charge >= 0.3 is 0 Å². The lowest BCUT2D eigenvalue weighted by molar-refractivity contribution is -0.112. The van der Waals surface area contributed by atoms with Gasteiger partial charge in [0.25, 0.3) is 5.91 Å². The molecular weight excluding hydrogens is 322 g/mol. The summed E-state index contributed by atoms with van der Waals surface area (Å²) in [6, 6.07) is 6.87. The molecule has 1 aromatic rings. The molecule has 22 heavy (non-hydrogen) atoms. The van der Waals surface area contributed by atoms with E-state index in [0.717, 1.165) is 6.21 Å². The Morgan fingerprint density at radius 3 is 2.59 bits per heavy atom. The van der Waals surface area contributed by atoms with Crippen LogP contribution in [0.25, 0.3) is 0 Å². The van der Waals surface area contributed by atoms with Crippen molar-refractivity contribution in [2.45, 2.75) is 6.92 Å². The summed E-state index contributed by atoms with van der Waals surface area (Å²) in [5, 5.41) is 12.2. The van der Waals surface area contributed by atoms with Crippen molar-refractivity contribution in [3.63, 3.8) is 0 Å². The topological polar surface area (TPSA) is 96.9 Å². The summed E-state index contributed by atoms with van der Waals surface area (Å²) >= 11 is 9.49. The Morgan fingerprint density at radius 2 is 2.05 bits per heavy atom. The highest BCUT2D eigenvalue weighted by atomic mass is 32.1. The van der Waals surface area contributed by atoms with Gasteiger partial charge in [-0.1, -0.05) is 36.6 Å². The van der Waals surface area contributed by atoms with Crippen molar-refractivity contribution < 1.29 is 14.6 Å². The van der Waals surface area contributed by atoms with Crippen molar-refractivity contribution >= 4 is 52.2 Å². The summed E-state index contributed by atoms with van der Waals surface area (Å²) in [5.74, 6) is -0.303. The molecule has 0 saturated carbocycles. The molecule has 0 radical (unpaired) electrons. The van der Waals surface area contributed by atoms with Crippen LogP contribution in [-0.4, -0.2) is 34.3 Å². The number of carbonyl (C=O) groups excluding carboxylic acids is 1. The molecule has 8 heteroatoms. The minimum Gasteiger partial charge on any atom is -0.512 e. The fourth-order valence-electron chi connectivity index (χ4n) is 1.44. The Labute approximate surface area is 138 Å². The molecule has 0 atom stereocenters. The van der Waals surface area contributed by atoms with E-state index in [1.807, 2.05) is 0 Å². The van der Waals surface area contributed by atoms with Gasteiger partial charge in [-0.15, -0.1) is 0 Å². The number of thiocarbonyl (C=S) groups is 2. The van der Waals surface area contributed by atoms with E-state index >= 15 is 0 Å². The molecule has 0 saturated heterocycles. The molecule has 0 heterocycles. The summed E-state index contributed by atoms with van der Waals surface area (Å²) in [7, 11) is 1.49. The SMILES string of the molecule is COc1ccccc1NC(=O)/C(C=NC(=S)C(N)=S)=C(\C)O. The largest absolute Gasteiger partial charge is 0.512 e. The monoisotopic (exact) mass is 337 g/mol. The van der Waals surface area contributed by atoms with Crippen LogP contribution in [0.1, 0.15) is 6.92 Å². The lowest BCUT2D eigenvalue weighted by atomic mass is 10.2. The van der Waals surface area contributed by atoms with E-state index in [9.17, 15) is 9.90 Å². The number of aliphatic hydroxyl groups is 1. The smallest absolute Gasteiger partial charge is 0.260 e. The van der Waals surface area contributed by atoms with Crippen molar-refractivity contribution in [2.75, 3.05) is 12.4 Å². The molecular formula is C14H15N3O3S2. The number of aliphatic hydroxyl groups excluding tert-OH is 1. The van der Waals surface area contributed by atoms with Crippen molar-refractivity contribution in [3.8, 4) is 5.75 Å². The Morgan fingerprint density at radius 1 is 1.41 bits per heavy atom. The highest BCUT2D eigenvalue weighted by molar-refractivity contribution is 7.89. The molecule has 116 valence electrons. The zero-order valence-electron chi connectivity index (χ0n) is 12.0. The standard InChI is InChI=1S/C14H15N3O3S2/c1-8(18)9(7-16-14(22)12(15)21)13(19)17-10-5-3-4-6-11(10)20-2/h3-7,18H,1-2H3,(H2,15,21)(H,17,19)/b9-8+,16-7?. The maximum Gasteiger partial charge on any atom is 0.260 e. The van der Waals surface area contributed by atoms with E-state index in [2.05, 4.69) is 22.5 Å². The van der Waals surface area contributed by atoms with Gasteiger partial charge in [-0.25, -0.2) is 4.99 Å². The number of ether oxygens (including phenoxy) is 1. The number of benzene rings is 1. The quantitative estimate of drug-likeness (QED) is 0.337. The highest BCUT2D eigenvalue weighted by Crippen LogP contribution is 2.23. The summed E-state index contributed by atoms with van der Waals surface area (Å²) < 4.78 is 5.13. The van der Waals surface area contributed by atoms with Crippen LogP contribution in [-0.2, 0) is 4.79 Å². The average Bonchev–Trinajstić information content (AvgIpc) is 2.47. The molecule has 4 N–H and O–H groups in total. The van der Waals surface area contributed by atoms with Crippen LogP contribution in [0.2, 0.25) is 0 Å². The zero-order valence-corrected chi connectivity index (χ0v) is 13.6. The second-order valence-corrected chi connectivity index (χ2v) is 4.91. The predicted molar refractivity (Wildman–Crippen MR) is 94.8 cm³/mol. The first-order valence-corrected chi connectivity index (χ1v) is 6.90. The van der Waals surface area contributed by atoms with Crippen molar-refractivity contribution in [3.05, 3.63) is 35.6 Å². The van der Waals surface area contributed by atoms with Crippen LogP contribution in [0.4, 0.5) is 5.69 Å². The van der Waals surface area contributed by atoms with Gasteiger partial charge in [-0.2, -0.15) is 0 Å². The number of methoxy groups -OCH3 is 1. The van der Waals surface area contributed by atoms with Gasteiger partial charge in [0.1, 0.15) is 16.5 Å². The molecule has 0 fully saturated rings. The van der Waals surface area contributed by atoms with Gasteiger partial charge in [-0.3, -0.25) is 4.79 Å². The third-order valence-corrected chi connectivity index (χ3v) is 3.16. The molecule has 0 unspecified atom stereocenters. The van der Waals surface area contributed by atoms with Crippen LogP contribution < -0.4 is 15.8 Å². The number of nitrogens with two attached hydrogens (primary N) is 1.